The SMILES string of the molecule is C=CCc1nnc(-c2cnn(CC)c2)o1. The van der Waals surface area contributed by atoms with E-state index in [0.717, 1.165) is 12.1 Å². The van der Waals surface area contributed by atoms with E-state index >= 15 is 0 Å². The third-order valence-electron chi connectivity index (χ3n) is 1.99. The van der Waals surface area contributed by atoms with E-state index in [1.54, 1.807) is 12.3 Å². The van der Waals surface area contributed by atoms with Gasteiger partial charge in [-0.05, 0) is 6.92 Å². The second-order valence-electron chi connectivity index (χ2n) is 3.08. The lowest BCUT2D eigenvalue weighted by atomic mass is 10.4. The van der Waals surface area contributed by atoms with Crippen molar-refractivity contribution < 1.29 is 4.42 Å². The zero-order valence-corrected chi connectivity index (χ0v) is 8.55. The van der Waals surface area contributed by atoms with Crippen molar-refractivity contribution >= 4 is 0 Å². The van der Waals surface area contributed by atoms with E-state index in [1.807, 2.05) is 17.8 Å². The molecule has 0 N–H and O–H groups in total. The van der Waals surface area contributed by atoms with E-state index in [2.05, 4.69) is 21.9 Å². The minimum absolute atomic E-state index is 0.506. The molecular formula is C10H12N4O. The molecule has 0 saturated heterocycles. The first-order valence-electron chi connectivity index (χ1n) is 4.79. The Balaban J connectivity index is 2.24. The van der Waals surface area contributed by atoms with Crippen molar-refractivity contribution in [3.63, 3.8) is 0 Å². The highest BCUT2D eigenvalue weighted by Gasteiger charge is 2.09. The smallest absolute Gasteiger partial charge is 0.250 e. The van der Waals surface area contributed by atoms with Crippen LogP contribution in [-0.2, 0) is 13.0 Å². The van der Waals surface area contributed by atoms with Gasteiger partial charge in [-0.3, -0.25) is 4.68 Å². The number of aromatic nitrogens is 4. The lowest BCUT2D eigenvalue weighted by Crippen LogP contribution is -1.91. The van der Waals surface area contributed by atoms with E-state index in [1.165, 1.54) is 0 Å². The van der Waals surface area contributed by atoms with Crippen molar-refractivity contribution in [3.8, 4) is 11.5 Å². The highest BCUT2D eigenvalue weighted by molar-refractivity contribution is 5.49. The third kappa shape index (κ3) is 1.96. The molecule has 5 heteroatoms. The highest BCUT2D eigenvalue weighted by Crippen LogP contribution is 2.16. The van der Waals surface area contributed by atoms with Crippen molar-refractivity contribution in [3.05, 3.63) is 30.9 Å². The van der Waals surface area contributed by atoms with E-state index in [9.17, 15) is 0 Å². The van der Waals surface area contributed by atoms with Crippen LogP contribution in [0, 0.1) is 0 Å². The molecule has 0 atom stereocenters. The van der Waals surface area contributed by atoms with E-state index in [-0.39, 0.29) is 0 Å². The quantitative estimate of drug-likeness (QED) is 0.711. The number of aryl methyl sites for hydroxylation is 1. The predicted octanol–water partition coefficient (Wildman–Crippen LogP) is 1.68. The Bertz CT molecular complexity index is 457. The van der Waals surface area contributed by atoms with Gasteiger partial charge in [0.25, 0.3) is 5.89 Å². The van der Waals surface area contributed by atoms with Gasteiger partial charge in [-0.1, -0.05) is 6.08 Å². The monoisotopic (exact) mass is 204 g/mol. The zero-order chi connectivity index (χ0) is 10.7. The summed E-state index contributed by atoms with van der Waals surface area (Å²) in [5, 5.41) is 12.0. The normalized spacial score (nSPS) is 10.5. The Kier molecular flexibility index (Phi) is 2.62. The molecule has 0 fully saturated rings. The van der Waals surface area contributed by atoms with Gasteiger partial charge in [-0.25, -0.2) is 0 Å². The van der Waals surface area contributed by atoms with Crippen LogP contribution in [0.1, 0.15) is 12.8 Å². The van der Waals surface area contributed by atoms with Crippen molar-refractivity contribution in [2.45, 2.75) is 19.9 Å². The minimum atomic E-state index is 0.506. The largest absolute Gasteiger partial charge is 0.420 e. The average molecular weight is 204 g/mol. The molecule has 15 heavy (non-hydrogen) atoms. The van der Waals surface area contributed by atoms with Crippen LogP contribution >= 0.6 is 0 Å². The van der Waals surface area contributed by atoms with Crippen LogP contribution < -0.4 is 0 Å². The molecule has 0 aliphatic rings. The molecule has 0 amide bonds. The Morgan fingerprint density at radius 1 is 1.53 bits per heavy atom. The lowest BCUT2D eigenvalue weighted by molar-refractivity contribution is 0.520. The number of rotatable bonds is 4. The number of hydrogen-bond donors (Lipinski definition) is 0. The summed E-state index contributed by atoms with van der Waals surface area (Å²) in [6.07, 6.45) is 5.92. The van der Waals surface area contributed by atoms with Gasteiger partial charge in [-0.15, -0.1) is 16.8 Å². The molecule has 0 aliphatic carbocycles. The zero-order valence-electron chi connectivity index (χ0n) is 8.55. The first-order valence-corrected chi connectivity index (χ1v) is 4.79. The fourth-order valence-electron chi connectivity index (χ4n) is 1.22. The van der Waals surface area contributed by atoms with Crippen LogP contribution in [0.25, 0.3) is 11.5 Å². The van der Waals surface area contributed by atoms with E-state index < -0.39 is 0 Å². The second kappa shape index (κ2) is 4.08. The van der Waals surface area contributed by atoms with Gasteiger partial charge in [0.1, 0.15) is 0 Å². The Labute approximate surface area is 87.4 Å². The van der Waals surface area contributed by atoms with Gasteiger partial charge in [0.05, 0.1) is 11.8 Å². The maximum absolute atomic E-state index is 5.42. The lowest BCUT2D eigenvalue weighted by Gasteiger charge is -1.89. The van der Waals surface area contributed by atoms with Gasteiger partial charge in [0, 0.05) is 19.2 Å². The van der Waals surface area contributed by atoms with E-state index in [0.29, 0.717) is 18.2 Å². The van der Waals surface area contributed by atoms with Crippen molar-refractivity contribution in [2.24, 2.45) is 0 Å². The van der Waals surface area contributed by atoms with Crippen LogP contribution in [0.2, 0.25) is 0 Å². The molecule has 0 unspecified atom stereocenters. The summed E-state index contributed by atoms with van der Waals surface area (Å²) < 4.78 is 7.23. The summed E-state index contributed by atoms with van der Waals surface area (Å²) >= 11 is 0. The number of allylic oxidation sites excluding steroid dienone is 1. The molecule has 0 radical (unpaired) electrons. The Hall–Kier alpha value is -1.91. The summed E-state index contributed by atoms with van der Waals surface area (Å²) in [6.45, 7) is 6.46. The van der Waals surface area contributed by atoms with Gasteiger partial charge in [0.2, 0.25) is 5.89 Å². The fourth-order valence-corrected chi connectivity index (χ4v) is 1.22. The van der Waals surface area contributed by atoms with E-state index in [4.69, 9.17) is 4.42 Å². The molecule has 0 aliphatic heterocycles. The van der Waals surface area contributed by atoms with Crippen LogP contribution in [0.5, 0.6) is 0 Å². The topological polar surface area (TPSA) is 56.7 Å². The van der Waals surface area contributed by atoms with Crippen LogP contribution in [0.3, 0.4) is 0 Å². The minimum Gasteiger partial charge on any atom is -0.420 e. The number of hydrogen-bond acceptors (Lipinski definition) is 4. The molecule has 2 aromatic heterocycles. The molecule has 0 bridgehead atoms. The molecule has 2 rings (SSSR count). The number of nitrogens with zero attached hydrogens (tertiary/aromatic N) is 4. The maximum Gasteiger partial charge on any atom is 0.250 e. The first-order chi connectivity index (χ1) is 7.33. The maximum atomic E-state index is 5.42. The predicted molar refractivity (Wildman–Crippen MR) is 55.1 cm³/mol. The molecule has 5 nitrogen and oxygen atoms in total. The summed E-state index contributed by atoms with van der Waals surface area (Å²) in [6, 6.07) is 0. The molecule has 0 saturated carbocycles. The standard InChI is InChI=1S/C10H12N4O/c1-3-5-9-12-13-10(15-9)8-6-11-14(4-2)7-8/h3,6-7H,1,4-5H2,2H3. The third-order valence-corrected chi connectivity index (χ3v) is 1.99. The van der Waals surface area contributed by atoms with Crippen LogP contribution in [0.4, 0.5) is 0 Å². The molecule has 2 aromatic rings. The summed E-state index contributed by atoms with van der Waals surface area (Å²) in [4.78, 5) is 0. The fraction of sp³-hybridized carbons (Fsp3) is 0.300. The van der Waals surface area contributed by atoms with Crippen molar-refractivity contribution in [2.75, 3.05) is 0 Å². The Morgan fingerprint density at radius 3 is 3.07 bits per heavy atom. The molecule has 0 aromatic carbocycles. The Morgan fingerprint density at radius 2 is 2.40 bits per heavy atom. The van der Waals surface area contributed by atoms with Gasteiger partial charge >= 0.3 is 0 Å². The molecular weight excluding hydrogens is 192 g/mol. The first kappa shape index (κ1) is 9.64. The molecule has 2 heterocycles. The van der Waals surface area contributed by atoms with Gasteiger partial charge in [0.15, 0.2) is 0 Å². The van der Waals surface area contributed by atoms with Crippen molar-refractivity contribution in [1.29, 1.82) is 0 Å². The summed E-state index contributed by atoms with van der Waals surface area (Å²) in [5.74, 6) is 1.08. The van der Waals surface area contributed by atoms with Gasteiger partial charge in [-0.2, -0.15) is 5.10 Å². The average Bonchev–Trinajstić information content (AvgIpc) is 2.85. The molecule has 0 spiro atoms. The molecule has 78 valence electrons. The summed E-state index contributed by atoms with van der Waals surface area (Å²) in [5.41, 5.74) is 0.847. The highest BCUT2D eigenvalue weighted by atomic mass is 16.4. The van der Waals surface area contributed by atoms with Crippen molar-refractivity contribution in [1.82, 2.24) is 20.0 Å². The van der Waals surface area contributed by atoms with Gasteiger partial charge < -0.3 is 4.42 Å². The van der Waals surface area contributed by atoms with Crippen LogP contribution in [0.15, 0.2) is 29.5 Å². The summed E-state index contributed by atoms with van der Waals surface area (Å²) in [7, 11) is 0. The second-order valence-corrected chi connectivity index (χ2v) is 3.08. The van der Waals surface area contributed by atoms with Crippen LogP contribution in [-0.4, -0.2) is 20.0 Å².